The van der Waals surface area contributed by atoms with Crippen molar-refractivity contribution >= 4 is 35.2 Å². The summed E-state index contributed by atoms with van der Waals surface area (Å²) in [5.41, 5.74) is 4.61. The van der Waals surface area contributed by atoms with Crippen LogP contribution in [-0.4, -0.2) is 71.7 Å². The molecule has 50 heavy (non-hydrogen) atoms. The van der Waals surface area contributed by atoms with E-state index in [0.717, 1.165) is 27.8 Å². The molecule has 14 heteroatoms. The van der Waals surface area contributed by atoms with Gasteiger partial charge in [-0.2, -0.15) is 13.2 Å². The van der Waals surface area contributed by atoms with E-state index in [1.807, 2.05) is 62.5 Å². The van der Waals surface area contributed by atoms with Crippen molar-refractivity contribution < 1.29 is 42.2 Å². The van der Waals surface area contributed by atoms with Gasteiger partial charge < -0.3 is 30.7 Å². The predicted octanol–water partition coefficient (Wildman–Crippen LogP) is 4.60. The van der Waals surface area contributed by atoms with Crippen LogP contribution in [0.2, 0.25) is 0 Å². The smallest absolute Gasteiger partial charge is 0.475 e. The first-order chi connectivity index (χ1) is 23.8. The summed E-state index contributed by atoms with van der Waals surface area (Å²) in [6.07, 6.45) is -0.257. The van der Waals surface area contributed by atoms with Crippen LogP contribution in [0.25, 0.3) is 0 Å². The van der Waals surface area contributed by atoms with Gasteiger partial charge in [-0.3, -0.25) is 14.4 Å². The van der Waals surface area contributed by atoms with Crippen molar-refractivity contribution in [3.05, 3.63) is 88.6 Å². The molecule has 0 radical (unpaired) electrons. The number of halogens is 3. The molecule has 3 amide bonds. The number of aliphatic carboxylic acids is 1. The molecule has 11 nitrogen and oxygen atoms in total. The Labute approximate surface area is 287 Å². The van der Waals surface area contributed by atoms with E-state index in [-0.39, 0.29) is 24.3 Å². The maximum absolute atomic E-state index is 14.2. The number of rotatable bonds is 9. The molecular formula is C36H40F3N5O6. The summed E-state index contributed by atoms with van der Waals surface area (Å²) in [5.74, 6) is -2.41. The van der Waals surface area contributed by atoms with E-state index in [1.54, 1.807) is 11.1 Å². The summed E-state index contributed by atoms with van der Waals surface area (Å²) in [4.78, 5) is 55.8. The number of anilines is 2. The zero-order chi connectivity index (χ0) is 36.1. The molecule has 1 atom stereocenters. The van der Waals surface area contributed by atoms with E-state index in [1.165, 1.54) is 0 Å². The highest BCUT2D eigenvalue weighted by Crippen LogP contribution is 2.47. The average molecular weight is 696 g/mol. The molecule has 1 fully saturated rings. The van der Waals surface area contributed by atoms with E-state index in [2.05, 4.69) is 27.0 Å². The molecular weight excluding hydrogens is 655 g/mol. The Kier molecular flexibility index (Phi) is 10.9. The molecule has 0 saturated carbocycles. The molecule has 0 bridgehead atoms. The van der Waals surface area contributed by atoms with Gasteiger partial charge in [-0.1, -0.05) is 43.3 Å². The number of nitrogens with one attached hydrogen (secondary N) is 3. The van der Waals surface area contributed by atoms with Crippen molar-refractivity contribution in [2.24, 2.45) is 5.41 Å². The zero-order valence-electron chi connectivity index (χ0n) is 27.9. The number of benzene rings is 2. The lowest BCUT2D eigenvalue weighted by Gasteiger charge is -2.39. The van der Waals surface area contributed by atoms with Crippen LogP contribution in [0, 0.1) is 5.41 Å². The normalized spacial score (nSPS) is 18.7. The summed E-state index contributed by atoms with van der Waals surface area (Å²) in [6.45, 7) is 4.11. The number of carbonyl (C=O) groups is 4. The number of amides is 3. The Hall–Kier alpha value is -4.82. The van der Waals surface area contributed by atoms with Crippen LogP contribution in [-0.2, 0) is 55.3 Å². The Balaban J connectivity index is 0.000000630. The van der Waals surface area contributed by atoms with Gasteiger partial charge in [0.05, 0.1) is 10.8 Å². The molecule has 266 valence electrons. The Morgan fingerprint density at radius 2 is 1.70 bits per heavy atom. The molecule has 0 unspecified atom stereocenters. The highest BCUT2D eigenvalue weighted by Gasteiger charge is 2.51. The van der Waals surface area contributed by atoms with E-state index in [4.69, 9.17) is 14.6 Å². The largest absolute Gasteiger partial charge is 0.490 e. The van der Waals surface area contributed by atoms with Crippen molar-refractivity contribution in [3.63, 3.8) is 0 Å². The maximum Gasteiger partial charge on any atom is 0.490 e. The number of nitrogens with zero attached hydrogens (tertiary/aromatic N) is 2. The topological polar surface area (TPSA) is 150 Å². The van der Waals surface area contributed by atoms with E-state index >= 15 is 0 Å². The highest BCUT2D eigenvalue weighted by molar-refractivity contribution is 6.06. The maximum atomic E-state index is 14.2. The lowest BCUT2D eigenvalue weighted by atomic mass is 9.76. The van der Waals surface area contributed by atoms with Crippen molar-refractivity contribution in [1.29, 1.82) is 0 Å². The van der Waals surface area contributed by atoms with Gasteiger partial charge in [-0.05, 0) is 79.6 Å². The minimum absolute atomic E-state index is 0.00289. The van der Waals surface area contributed by atoms with E-state index < -0.39 is 23.0 Å². The van der Waals surface area contributed by atoms with Gasteiger partial charge in [0.1, 0.15) is 12.4 Å². The van der Waals surface area contributed by atoms with Crippen LogP contribution in [0.1, 0.15) is 54.0 Å². The molecule has 3 heterocycles. The third-order valence-corrected chi connectivity index (χ3v) is 9.76. The van der Waals surface area contributed by atoms with Crippen LogP contribution in [0.15, 0.2) is 60.8 Å². The molecule has 6 rings (SSSR count). The molecule has 1 saturated heterocycles. The molecule has 3 aliphatic rings. The first-order valence-electron chi connectivity index (χ1n) is 16.4. The molecule has 2 aromatic carbocycles. The monoisotopic (exact) mass is 695 g/mol. The van der Waals surface area contributed by atoms with Gasteiger partial charge in [0.2, 0.25) is 17.7 Å². The third-order valence-electron chi connectivity index (χ3n) is 9.76. The lowest BCUT2D eigenvalue weighted by molar-refractivity contribution is -0.192. The van der Waals surface area contributed by atoms with Gasteiger partial charge in [0.15, 0.2) is 0 Å². The van der Waals surface area contributed by atoms with Gasteiger partial charge in [0, 0.05) is 43.8 Å². The van der Waals surface area contributed by atoms with Crippen LogP contribution in [0.5, 0.6) is 0 Å². The third kappa shape index (κ3) is 7.65. The SMILES string of the molecule is CCC1(C(=O)N(CC(=O)Nc2ccc3c(c2)C[C@@]2(C3)C(=O)Nc3ncccc32)Cc2ccccc2CNC)CCOCC1.O=C(O)C(F)(F)F. The fourth-order valence-corrected chi connectivity index (χ4v) is 7.01. The number of pyridine rings is 1. The second-order valence-corrected chi connectivity index (χ2v) is 12.8. The fourth-order valence-electron chi connectivity index (χ4n) is 7.01. The summed E-state index contributed by atoms with van der Waals surface area (Å²) < 4.78 is 37.3. The predicted molar refractivity (Wildman–Crippen MR) is 178 cm³/mol. The van der Waals surface area contributed by atoms with Gasteiger partial charge in [-0.15, -0.1) is 0 Å². The minimum Gasteiger partial charge on any atom is -0.475 e. The Bertz CT molecular complexity index is 1760. The summed E-state index contributed by atoms with van der Waals surface area (Å²) in [6, 6.07) is 17.7. The fraction of sp³-hybridized carbons (Fsp3) is 0.417. The van der Waals surface area contributed by atoms with Crippen molar-refractivity contribution in [2.45, 2.75) is 63.7 Å². The standard InChI is InChI=1S/C34H39N5O4.C2HF3O2/c1-3-33(12-15-43-16-13-33)32(42)39(21-25-8-5-4-7-24(25)20-35-2)22-29(40)37-27-11-10-23-18-34(19-26(23)17-27)28-9-6-14-36-30(28)38-31(34)41;3-2(4,5)1(6)7/h4-11,14,17,35H,3,12-13,15-16,18-22H2,1-2H3,(H,37,40)(H,36,38,41);(H,6,7)/t34-;/m1./s1. The number of ether oxygens (including phenoxy) is 1. The zero-order valence-corrected chi connectivity index (χ0v) is 27.9. The number of carboxylic acid groups (broad SMARTS) is 1. The van der Waals surface area contributed by atoms with Crippen LogP contribution in [0.4, 0.5) is 24.7 Å². The summed E-state index contributed by atoms with van der Waals surface area (Å²) in [5, 5.41) is 16.3. The molecule has 3 aromatic rings. The quantitative estimate of drug-likeness (QED) is 0.254. The number of hydrogen-bond donors (Lipinski definition) is 4. The molecule has 2 aliphatic heterocycles. The second-order valence-electron chi connectivity index (χ2n) is 12.8. The van der Waals surface area contributed by atoms with Gasteiger partial charge in [0.25, 0.3) is 0 Å². The van der Waals surface area contributed by atoms with Gasteiger partial charge in [-0.25, -0.2) is 9.78 Å². The number of aromatic nitrogens is 1. The van der Waals surface area contributed by atoms with Crippen molar-refractivity contribution in [2.75, 3.05) is 37.4 Å². The number of alkyl halides is 3. The van der Waals surface area contributed by atoms with E-state index in [0.29, 0.717) is 69.9 Å². The summed E-state index contributed by atoms with van der Waals surface area (Å²) >= 11 is 0. The summed E-state index contributed by atoms with van der Waals surface area (Å²) in [7, 11) is 1.90. The second kappa shape index (κ2) is 15.0. The molecule has 1 aromatic heterocycles. The molecule has 1 spiro atoms. The molecule has 4 N–H and O–H groups in total. The molecule has 1 aliphatic carbocycles. The van der Waals surface area contributed by atoms with Crippen LogP contribution in [0.3, 0.4) is 0 Å². The van der Waals surface area contributed by atoms with Gasteiger partial charge >= 0.3 is 12.1 Å². The first kappa shape index (κ1) is 36.5. The highest BCUT2D eigenvalue weighted by atomic mass is 19.4. The Morgan fingerprint density at radius 1 is 1.02 bits per heavy atom. The van der Waals surface area contributed by atoms with Crippen molar-refractivity contribution in [3.8, 4) is 0 Å². The Morgan fingerprint density at radius 3 is 2.36 bits per heavy atom. The van der Waals surface area contributed by atoms with Crippen LogP contribution >= 0.6 is 0 Å². The number of carboxylic acids is 1. The minimum atomic E-state index is -5.08. The number of hydrogen-bond acceptors (Lipinski definition) is 7. The number of fused-ring (bicyclic) bond motifs is 3. The number of carbonyl (C=O) groups excluding carboxylic acids is 3. The van der Waals surface area contributed by atoms with E-state index in [9.17, 15) is 27.6 Å². The van der Waals surface area contributed by atoms with Crippen LogP contribution < -0.4 is 16.0 Å². The van der Waals surface area contributed by atoms with Crippen molar-refractivity contribution in [1.82, 2.24) is 15.2 Å². The average Bonchev–Trinajstić information content (AvgIpc) is 3.61. The lowest BCUT2D eigenvalue weighted by Crippen LogP contribution is -2.48. The first-order valence-corrected chi connectivity index (χ1v) is 16.4.